The molecule has 0 unspecified atom stereocenters. The van der Waals surface area contributed by atoms with E-state index in [-0.39, 0.29) is 17.4 Å². The molecule has 1 N–H and O–H groups in total. The van der Waals surface area contributed by atoms with Gasteiger partial charge in [-0.2, -0.15) is 0 Å². The second kappa shape index (κ2) is 10.0. The number of benzene rings is 2. The molecular formula is C25H29N5O4. The molecule has 9 nitrogen and oxygen atoms in total. The number of hydrogen-bond donors (Lipinski definition) is 1. The quantitative estimate of drug-likeness (QED) is 0.572. The van der Waals surface area contributed by atoms with Crippen molar-refractivity contribution in [2.45, 2.75) is 13.8 Å². The van der Waals surface area contributed by atoms with Crippen LogP contribution in [-0.2, 0) is 4.79 Å². The Hall–Kier alpha value is -3.72. The van der Waals surface area contributed by atoms with Gasteiger partial charge in [-0.25, -0.2) is 4.98 Å². The van der Waals surface area contributed by atoms with E-state index in [2.05, 4.69) is 15.2 Å². The lowest BCUT2D eigenvalue weighted by Gasteiger charge is -2.31. The Labute approximate surface area is 197 Å². The van der Waals surface area contributed by atoms with Gasteiger partial charge in [0.2, 0.25) is 5.91 Å². The molecule has 0 saturated carbocycles. The summed E-state index contributed by atoms with van der Waals surface area (Å²) in [6, 6.07) is 10.5. The Morgan fingerprint density at radius 1 is 1.15 bits per heavy atom. The smallest absolute Gasteiger partial charge is 0.265 e. The van der Waals surface area contributed by atoms with E-state index in [1.165, 1.54) is 10.9 Å². The number of ether oxygens (including phenoxy) is 1. The molecular weight excluding hydrogens is 434 g/mol. The van der Waals surface area contributed by atoms with Crippen molar-refractivity contribution < 1.29 is 14.3 Å². The number of carbonyl (C=O) groups is 2. The largest absolute Gasteiger partial charge is 0.492 e. The summed E-state index contributed by atoms with van der Waals surface area (Å²) in [5.74, 6) is 0.482. The van der Waals surface area contributed by atoms with Gasteiger partial charge in [-0.15, -0.1) is 0 Å². The van der Waals surface area contributed by atoms with Crippen molar-refractivity contribution in [1.82, 2.24) is 24.7 Å². The number of piperazine rings is 1. The highest BCUT2D eigenvalue weighted by Gasteiger charge is 2.20. The van der Waals surface area contributed by atoms with Gasteiger partial charge in [0.25, 0.3) is 11.5 Å². The zero-order chi connectivity index (χ0) is 24.2. The minimum absolute atomic E-state index is 0.107. The molecule has 2 amide bonds. The van der Waals surface area contributed by atoms with Crippen LogP contribution < -0.4 is 15.6 Å². The molecule has 4 rings (SSSR count). The summed E-state index contributed by atoms with van der Waals surface area (Å²) in [6.45, 7) is 7.21. The Morgan fingerprint density at radius 3 is 2.74 bits per heavy atom. The fourth-order valence-corrected chi connectivity index (χ4v) is 3.93. The normalized spacial score (nSPS) is 14.4. The highest BCUT2D eigenvalue weighted by atomic mass is 16.5. The van der Waals surface area contributed by atoms with Crippen molar-refractivity contribution in [3.05, 3.63) is 64.2 Å². The number of fused-ring (bicyclic) bond motifs is 1. The van der Waals surface area contributed by atoms with Crippen molar-refractivity contribution in [2.75, 3.05) is 46.4 Å². The third-order valence-corrected chi connectivity index (χ3v) is 6.01. The molecule has 2 aromatic carbocycles. The average Bonchev–Trinajstić information content (AvgIpc) is 2.82. The van der Waals surface area contributed by atoms with Gasteiger partial charge < -0.3 is 15.0 Å². The molecule has 1 aliphatic heterocycles. The summed E-state index contributed by atoms with van der Waals surface area (Å²) in [5, 5.41) is 3.20. The van der Waals surface area contributed by atoms with Gasteiger partial charge in [0, 0.05) is 38.8 Å². The van der Waals surface area contributed by atoms with Gasteiger partial charge in [-0.3, -0.25) is 23.9 Å². The maximum absolute atomic E-state index is 13.3. The molecule has 1 aliphatic rings. The van der Waals surface area contributed by atoms with E-state index >= 15 is 0 Å². The Kier molecular flexibility index (Phi) is 6.93. The molecule has 1 saturated heterocycles. The van der Waals surface area contributed by atoms with Crippen LogP contribution in [0.25, 0.3) is 16.6 Å². The summed E-state index contributed by atoms with van der Waals surface area (Å²) < 4.78 is 7.34. The van der Waals surface area contributed by atoms with Gasteiger partial charge in [0.05, 0.1) is 23.1 Å². The number of aryl methyl sites for hydroxylation is 1. The van der Waals surface area contributed by atoms with Gasteiger partial charge in [0.1, 0.15) is 18.7 Å². The lowest BCUT2D eigenvalue weighted by atomic mass is 10.1. The van der Waals surface area contributed by atoms with Crippen LogP contribution in [0.5, 0.6) is 5.75 Å². The number of nitrogens with zero attached hydrogens (tertiary/aromatic N) is 4. The number of nitrogens with one attached hydrogen (secondary N) is 1. The van der Waals surface area contributed by atoms with E-state index < -0.39 is 0 Å². The fraction of sp³-hybridized carbons (Fsp3) is 0.360. The molecule has 0 bridgehead atoms. The maximum atomic E-state index is 13.3. The van der Waals surface area contributed by atoms with Gasteiger partial charge in [-0.05, 0) is 49.7 Å². The minimum atomic E-state index is -0.240. The van der Waals surface area contributed by atoms with Crippen molar-refractivity contribution in [1.29, 1.82) is 0 Å². The molecule has 3 aromatic rings. The summed E-state index contributed by atoms with van der Waals surface area (Å²) in [5.41, 5.74) is 2.26. The third-order valence-electron chi connectivity index (χ3n) is 6.01. The predicted octanol–water partition coefficient (Wildman–Crippen LogP) is 1.60. The van der Waals surface area contributed by atoms with Crippen LogP contribution in [0.15, 0.2) is 47.5 Å². The van der Waals surface area contributed by atoms with Gasteiger partial charge in [0.15, 0.2) is 0 Å². The Balaban J connectivity index is 1.55. The first kappa shape index (κ1) is 23.4. The molecule has 1 fully saturated rings. The highest BCUT2D eigenvalue weighted by Crippen LogP contribution is 2.19. The van der Waals surface area contributed by atoms with E-state index in [1.807, 2.05) is 27.0 Å². The lowest BCUT2D eigenvalue weighted by Crippen LogP contribution is -2.49. The summed E-state index contributed by atoms with van der Waals surface area (Å²) >= 11 is 0. The molecule has 2 heterocycles. The van der Waals surface area contributed by atoms with Crippen LogP contribution in [0.1, 0.15) is 22.8 Å². The third kappa shape index (κ3) is 4.94. The maximum Gasteiger partial charge on any atom is 0.265 e. The van der Waals surface area contributed by atoms with Crippen molar-refractivity contribution in [2.24, 2.45) is 0 Å². The van der Waals surface area contributed by atoms with Crippen LogP contribution in [-0.4, -0.2) is 77.5 Å². The predicted molar refractivity (Wildman–Crippen MR) is 130 cm³/mol. The first-order valence-corrected chi connectivity index (χ1v) is 11.4. The van der Waals surface area contributed by atoms with Crippen LogP contribution in [0.2, 0.25) is 0 Å². The molecule has 0 aliphatic carbocycles. The molecule has 0 radical (unpaired) electrons. The standard InChI is InChI=1S/C25H29N5O4/c1-4-26-24(32)18-6-5-17(2)22(13-18)30-16-27-21-8-7-19(14-20(21)25(30)33)34-12-11-29-10-9-28(3)23(31)15-29/h5-8,13-14,16H,4,9-12,15H2,1-3H3,(H,26,32). The van der Waals surface area contributed by atoms with Crippen LogP contribution >= 0.6 is 0 Å². The molecule has 34 heavy (non-hydrogen) atoms. The van der Waals surface area contributed by atoms with E-state index in [0.717, 1.165) is 12.1 Å². The Morgan fingerprint density at radius 2 is 1.97 bits per heavy atom. The zero-order valence-electron chi connectivity index (χ0n) is 19.7. The average molecular weight is 464 g/mol. The number of hydrogen-bond acceptors (Lipinski definition) is 6. The monoisotopic (exact) mass is 463 g/mol. The number of amides is 2. The second-order valence-corrected chi connectivity index (χ2v) is 8.40. The van der Waals surface area contributed by atoms with E-state index in [1.54, 1.807) is 35.2 Å². The number of aromatic nitrogens is 2. The first-order chi connectivity index (χ1) is 16.4. The fourth-order valence-electron chi connectivity index (χ4n) is 3.93. The lowest BCUT2D eigenvalue weighted by molar-refractivity contribution is -0.134. The zero-order valence-corrected chi connectivity index (χ0v) is 19.7. The SMILES string of the molecule is CCNC(=O)c1ccc(C)c(-n2cnc3ccc(OCCN4CCN(C)C(=O)C4)cc3c2=O)c1. The van der Waals surface area contributed by atoms with Crippen molar-refractivity contribution >= 4 is 22.7 Å². The molecule has 0 spiro atoms. The molecule has 178 valence electrons. The van der Waals surface area contributed by atoms with E-state index in [4.69, 9.17) is 4.74 Å². The second-order valence-electron chi connectivity index (χ2n) is 8.40. The Bertz CT molecular complexity index is 1290. The molecule has 9 heteroatoms. The summed E-state index contributed by atoms with van der Waals surface area (Å²) in [6.07, 6.45) is 1.49. The minimum Gasteiger partial charge on any atom is -0.492 e. The van der Waals surface area contributed by atoms with Gasteiger partial charge >= 0.3 is 0 Å². The van der Waals surface area contributed by atoms with Crippen LogP contribution in [0.4, 0.5) is 0 Å². The van der Waals surface area contributed by atoms with Crippen molar-refractivity contribution in [3.8, 4) is 11.4 Å². The first-order valence-electron chi connectivity index (χ1n) is 11.4. The molecule has 0 atom stereocenters. The summed E-state index contributed by atoms with van der Waals surface area (Å²) in [4.78, 5) is 45.7. The molecule has 1 aromatic heterocycles. The van der Waals surface area contributed by atoms with E-state index in [9.17, 15) is 14.4 Å². The van der Waals surface area contributed by atoms with Crippen LogP contribution in [0, 0.1) is 6.92 Å². The number of carbonyl (C=O) groups excluding carboxylic acids is 2. The van der Waals surface area contributed by atoms with Crippen LogP contribution in [0.3, 0.4) is 0 Å². The van der Waals surface area contributed by atoms with Crippen molar-refractivity contribution in [3.63, 3.8) is 0 Å². The highest BCUT2D eigenvalue weighted by molar-refractivity contribution is 5.95. The number of likely N-dealkylation sites (N-methyl/N-ethyl adjacent to an activating group) is 1. The number of rotatable bonds is 7. The summed E-state index contributed by atoms with van der Waals surface area (Å²) in [7, 11) is 1.81. The van der Waals surface area contributed by atoms with Gasteiger partial charge in [-0.1, -0.05) is 6.07 Å². The topological polar surface area (TPSA) is 96.8 Å². The van der Waals surface area contributed by atoms with E-state index in [0.29, 0.717) is 60.7 Å².